The molecule has 3 N–H and O–H groups in total. The van der Waals surface area contributed by atoms with Gasteiger partial charge < -0.3 is 5.32 Å². The smallest absolute Gasteiger partial charge is 0.327 e. The van der Waals surface area contributed by atoms with E-state index in [1.807, 2.05) is 5.43 Å². The van der Waals surface area contributed by atoms with Gasteiger partial charge in [0.1, 0.15) is 0 Å². The molecule has 1 rings (SSSR count). The number of carbonyl (C=O) groups excluding carboxylic acids is 3. The van der Waals surface area contributed by atoms with E-state index in [2.05, 4.69) is 10.7 Å². The second-order valence-corrected chi connectivity index (χ2v) is 5.00. The highest BCUT2D eigenvalue weighted by Crippen LogP contribution is 2.20. The Bertz CT molecular complexity index is 547. The lowest BCUT2D eigenvalue weighted by Crippen LogP contribution is -2.49. The molecule has 0 radical (unpaired) electrons. The van der Waals surface area contributed by atoms with E-state index in [0.717, 1.165) is 0 Å². The van der Waals surface area contributed by atoms with Crippen molar-refractivity contribution in [2.45, 2.75) is 19.9 Å². The summed E-state index contributed by atoms with van der Waals surface area (Å²) in [6, 6.07) is 4.09. The van der Waals surface area contributed by atoms with Crippen LogP contribution in [-0.2, 0) is 9.59 Å². The molecule has 1 aromatic carbocycles. The topological polar surface area (TPSA) is 87.3 Å². The molecule has 0 aromatic heterocycles. The van der Waals surface area contributed by atoms with E-state index < -0.39 is 17.7 Å². The molecule has 6 nitrogen and oxygen atoms in total. The minimum absolute atomic E-state index is 0.126. The Hall–Kier alpha value is -1.79. The highest BCUT2D eigenvalue weighted by atomic mass is 35.5. The molecule has 20 heavy (non-hydrogen) atoms. The maximum absolute atomic E-state index is 11.7. The second kappa shape index (κ2) is 7.12. The van der Waals surface area contributed by atoms with Crippen LogP contribution in [-0.4, -0.2) is 23.8 Å². The van der Waals surface area contributed by atoms with Gasteiger partial charge in [-0.05, 0) is 32.0 Å². The van der Waals surface area contributed by atoms with E-state index in [1.165, 1.54) is 18.2 Å². The number of nitrogens with one attached hydrogen (secondary N) is 3. The predicted octanol–water partition coefficient (Wildman–Crippen LogP) is 1.28. The fraction of sp³-hybridized carbons (Fsp3) is 0.250. The molecule has 0 unspecified atom stereocenters. The van der Waals surface area contributed by atoms with Crippen molar-refractivity contribution in [2.75, 3.05) is 0 Å². The molecule has 0 aliphatic heterocycles. The summed E-state index contributed by atoms with van der Waals surface area (Å²) < 4.78 is 0. The molecule has 0 aliphatic carbocycles. The fourth-order valence-electron chi connectivity index (χ4n) is 1.24. The third kappa shape index (κ3) is 4.71. The lowest BCUT2D eigenvalue weighted by Gasteiger charge is -2.10. The zero-order chi connectivity index (χ0) is 15.3. The van der Waals surface area contributed by atoms with E-state index in [9.17, 15) is 14.4 Å². The molecule has 8 heteroatoms. The van der Waals surface area contributed by atoms with Crippen LogP contribution >= 0.6 is 23.2 Å². The number of rotatable bonds is 2. The molecule has 0 bridgehead atoms. The summed E-state index contributed by atoms with van der Waals surface area (Å²) in [5.74, 6) is -2.47. The Balaban J connectivity index is 2.59. The van der Waals surface area contributed by atoms with Crippen LogP contribution in [0.1, 0.15) is 24.2 Å². The van der Waals surface area contributed by atoms with Crippen molar-refractivity contribution in [3.05, 3.63) is 33.8 Å². The van der Waals surface area contributed by atoms with Crippen LogP contribution in [0.2, 0.25) is 10.0 Å². The number of halogens is 2. The SMILES string of the molecule is CC(C)NC(=O)C(=O)NNC(=O)c1ccc(Cl)cc1Cl. The van der Waals surface area contributed by atoms with Gasteiger partial charge in [-0.1, -0.05) is 23.2 Å². The summed E-state index contributed by atoms with van der Waals surface area (Å²) in [7, 11) is 0. The Morgan fingerprint density at radius 2 is 1.70 bits per heavy atom. The number of hydrogen-bond donors (Lipinski definition) is 3. The average molecular weight is 318 g/mol. The van der Waals surface area contributed by atoms with Gasteiger partial charge in [0.2, 0.25) is 0 Å². The van der Waals surface area contributed by atoms with Crippen LogP contribution in [0.5, 0.6) is 0 Å². The number of amides is 3. The summed E-state index contributed by atoms with van der Waals surface area (Å²) in [6.07, 6.45) is 0. The van der Waals surface area contributed by atoms with E-state index in [-0.39, 0.29) is 16.6 Å². The van der Waals surface area contributed by atoms with Crippen LogP contribution in [0.25, 0.3) is 0 Å². The number of benzene rings is 1. The Labute approximate surface area is 125 Å². The predicted molar refractivity (Wildman–Crippen MR) is 75.3 cm³/mol. The third-order valence-corrected chi connectivity index (χ3v) is 2.64. The van der Waals surface area contributed by atoms with E-state index >= 15 is 0 Å². The van der Waals surface area contributed by atoms with Crippen LogP contribution in [0.4, 0.5) is 0 Å². The van der Waals surface area contributed by atoms with Gasteiger partial charge in [-0.3, -0.25) is 25.2 Å². The van der Waals surface area contributed by atoms with Crippen LogP contribution in [0.3, 0.4) is 0 Å². The Morgan fingerprint density at radius 1 is 1.05 bits per heavy atom. The molecule has 0 aliphatic rings. The van der Waals surface area contributed by atoms with E-state index in [0.29, 0.717) is 5.02 Å². The summed E-state index contributed by atoms with van der Waals surface area (Å²) in [5.41, 5.74) is 4.20. The number of hydrazine groups is 1. The first-order chi connectivity index (χ1) is 9.31. The van der Waals surface area contributed by atoms with Gasteiger partial charge in [0, 0.05) is 11.1 Å². The first-order valence-electron chi connectivity index (χ1n) is 5.67. The van der Waals surface area contributed by atoms with Crippen molar-refractivity contribution in [1.29, 1.82) is 0 Å². The van der Waals surface area contributed by atoms with Crippen molar-refractivity contribution in [1.82, 2.24) is 16.2 Å². The van der Waals surface area contributed by atoms with E-state index in [4.69, 9.17) is 23.2 Å². The molecule has 0 atom stereocenters. The first-order valence-corrected chi connectivity index (χ1v) is 6.43. The van der Waals surface area contributed by atoms with Crippen LogP contribution < -0.4 is 16.2 Å². The molecular weight excluding hydrogens is 305 g/mol. The average Bonchev–Trinajstić information content (AvgIpc) is 2.34. The van der Waals surface area contributed by atoms with Crippen LogP contribution in [0, 0.1) is 0 Å². The largest absolute Gasteiger partial charge is 0.346 e. The molecule has 1 aromatic rings. The van der Waals surface area contributed by atoms with Crippen molar-refractivity contribution < 1.29 is 14.4 Å². The van der Waals surface area contributed by atoms with Gasteiger partial charge >= 0.3 is 11.8 Å². The lowest BCUT2D eigenvalue weighted by atomic mass is 10.2. The molecule has 0 saturated heterocycles. The molecule has 0 heterocycles. The highest BCUT2D eigenvalue weighted by molar-refractivity contribution is 6.37. The molecule has 0 spiro atoms. The Morgan fingerprint density at radius 3 is 2.25 bits per heavy atom. The maximum atomic E-state index is 11.7. The van der Waals surface area contributed by atoms with Crippen LogP contribution in [0.15, 0.2) is 18.2 Å². The molecule has 108 valence electrons. The monoisotopic (exact) mass is 317 g/mol. The van der Waals surface area contributed by atoms with Crippen molar-refractivity contribution in [2.24, 2.45) is 0 Å². The second-order valence-electron chi connectivity index (χ2n) is 4.16. The zero-order valence-corrected chi connectivity index (χ0v) is 12.3. The number of hydrogen-bond acceptors (Lipinski definition) is 3. The quantitative estimate of drug-likeness (QED) is 0.567. The van der Waals surface area contributed by atoms with Gasteiger partial charge in [0.15, 0.2) is 0 Å². The van der Waals surface area contributed by atoms with Crippen molar-refractivity contribution in [3.63, 3.8) is 0 Å². The fourth-order valence-corrected chi connectivity index (χ4v) is 1.73. The molecule has 0 fully saturated rings. The highest BCUT2D eigenvalue weighted by Gasteiger charge is 2.16. The normalized spacial score (nSPS) is 10.1. The molecule has 0 saturated carbocycles. The first kappa shape index (κ1) is 16.3. The lowest BCUT2D eigenvalue weighted by molar-refractivity contribution is -0.139. The summed E-state index contributed by atoms with van der Waals surface area (Å²) in [5, 5.41) is 2.90. The molecule has 3 amide bonds. The molecular formula is C12H13Cl2N3O3. The van der Waals surface area contributed by atoms with Gasteiger partial charge in [-0.15, -0.1) is 0 Å². The van der Waals surface area contributed by atoms with Gasteiger partial charge in [-0.2, -0.15) is 0 Å². The zero-order valence-electron chi connectivity index (χ0n) is 10.8. The van der Waals surface area contributed by atoms with Crippen molar-refractivity contribution >= 4 is 40.9 Å². The minimum Gasteiger partial charge on any atom is -0.346 e. The maximum Gasteiger partial charge on any atom is 0.327 e. The summed E-state index contributed by atoms with van der Waals surface area (Å²) in [6.45, 7) is 3.41. The number of carbonyl (C=O) groups is 3. The summed E-state index contributed by atoms with van der Waals surface area (Å²) in [4.78, 5) is 34.4. The Kier molecular flexibility index (Phi) is 5.79. The van der Waals surface area contributed by atoms with Gasteiger partial charge in [-0.25, -0.2) is 0 Å². The summed E-state index contributed by atoms with van der Waals surface area (Å²) >= 11 is 11.5. The minimum atomic E-state index is -0.975. The van der Waals surface area contributed by atoms with Crippen molar-refractivity contribution in [3.8, 4) is 0 Å². The standard InChI is InChI=1S/C12H13Cl2N3O3/c1-6(2)15-11(19)12(20)17-16-10(18)8-4-3-7(13)5-9(8)14/h3-6H,1-2H3,(H,15,19)(H,16,18)(H,17,20). The van der Waals surface area contributed by atoms with E-state index in [1.54, 1.807) is 13.8 Å². The van der Waals surface area contributed by atoms with Gasteiger partial charge in [0.05, 0.1) is 10.6 Å². The van der Waals surface area contributed by atoms with Gasteiger partial charge in [0.25, 0.3) is 5.91 Å². The third-order valence-electron chi connectivity index (χ3n) is 2.09.